The summed E-state index contributed by atoms with van der Waals surface area (Å²) in [5, 5.41) is 3.44. The zero-order valence-corrected chi connectivity index (χ0v) is 10.4. The Labute approximate surface area is 98.6 Å². The number of nitrogens with zero attached hydrogens (tertiary/aromatic N) is 1. The summed E-state index contributed by atoms with van der Waals surface area (Å²) in [6.45, 7) is 4.14. The Morgan fingerprint density at radius 2 is 1.75 bits per heavy atom. The van der Waals surface area contributed by atoms with Gasteiger partial charge in [-0.05, 0) is 39.0 Å². The monoisotopic (exact) mass is 224 g/mol. The van der Waals surface area contributed by atoms with E-state index in [-0.39, 0.29) is 6.04 Å². The van der Waals surface area contributed by atoms with Crippen molar-refractivity contribution in [1.29, 1.82) is 0 Å². The largest absolute Gasteiger partial charge is 0.341 e. The Balaban J connectivity index is 1.89. The zero-order chi connectivity index (χ0) is 11.4. The molecule has 92 valence electrons. The second-order valence-electron chi connectivity index (χ2n) is 5.29. The van der Waals surface area contributed by atoms with E-state index in [9.17, 15) is 4.79 Å². The minimum atomic E-state index is 0.0989. The Kier molecular flexibility index (Phi) is 4.22. The van der Waals surface area contributed by atoms with Crippen molar-refractivity contribution in [2.75, 3.05) is 13.1 Å². The van der Waals surface area contributed by atoms with Gasteiger partial charge in [0.05, 0.1) is 6.04 Å². The molecule has 3 nitrogen and oxygen atoms in total. The second kappa shape index (κ2) is 5.67. The van der Waals surface area contributed by atoms with E-state index in [1.54, 1.807) is 0 Å². The third-order valence-corrected chi connectivity index (χ3v) is 3.83. The Morgan fingerprint density at radius 1 is 1.06 bits per heavy atom. The van der Waals surface area contributed by atoms with Gasteiger partial charge in [0.2, 0.25) is 5.91 Å². The first kappa shape index (κ1) is 11.9. The van der Waals surface area contributed by atoms with E-state index in [0.29, 0.717) is 11.9 Å². The molecule has 0 aromatic carbocycles. The van der Waals surface area contributed by atoms with Crippen LogP contribution in [-0.2, 0) is 4.79 Å². The molecule has 2 aliphatic heterocycles. The lowest BCUT2D eigenvalue weighted by molar-refractivity contribution is -0.134. The summed E-state index contributed by atoms with van der Waals surface area (Å²) in [4.78, 5) is 14.4. The van der Waals surface area contributed by atoms with Gasteiger partial charge in [-0.25, -0.2) is 0 Å². The summed E-state index contributed by atoms with van der Waals surface area (Å²) in [5.74, 6) is 0.355. The lowest BCUT2D eigenvalue weighted by Gasteiger charge is -2.32. The van der Waals surface area contributed by atoms with E-state index in [4.69, 9.17) is 0 Å². The summed E-state index contributed by atoms with van der Waals surface area (Å²) in [6, 6.07) is 0.608. The molecule has 3 heteroatoms. The lowest BCUT2D eigenvalue weighted by Crippen LogP contribution is -2.51. The number of rotatable bonds is 1. The molecule has 0 radical (unpaired) electrons. The van der Waals surface area contributed by atoms with Crippen LogP contribution >= 0.6 is 0 Å². The maximum atomic E-state index is 12.3. The SMILES string of the molecule is C[C@@H]1CCC[C@@H](C(=O)N2CCCCCC2)N1. The first-order chi connectivity index (χ1) is 7.77. The first-order valence-electron chi connectivity index (χ1n) is 6.82. The molecular weight excluding hydrogens is 200 g/mol. The summed E-state index contributed by atoms with van der Waals surface area (Å²) < 4.78 is 0. The number of piperidine rings is 1. The second-order valence-corrected chi connectivity index (χ2v) is 5.29. The fourth-order valence-electron chi connectivity index (χ4n) is 2.84. The summed E-state index contributed by atoms with van der Waals surface area (Å²) >= 11 is 0. The highest BCUT2D eigenvalue weighted by atomic mass is 16.2. The molecule has 2 atom stereocenters. The third kappa shape index (κ3) is 2.97. The molecule has 0 unspecified atom stereocenters. The van der Waals surface area contributed by atoms with Crippen LogP contribution in [0, 0.1) is 0 Å². The van der Waals surface area contributed by atoms with Crippen molar-refractivity contribution in [2.45, 2.75) is 64.0 Å². The van der Waals surface area contributed by atoms with Crippen LogP contribution < -0.4 is 5.32 Å². The average molecular weight is 224 g/mol. The summed E-state index contributed by atoms with van der Waals surface area (Å²) in [6.07, 6.45) is 8.39. The van der Waals surface area contributed by atoms with Gasteiger partial charge < -0.3 is 10.2 Å². The Morgan fingerprint density at radius 3 is 2.38 bits per heavy atom. The lowest BCUT2D eigenvalue weighted by atomic mass is 9.98. The van der Waals surface area contributed by atoms with Gasteiger partial charge in [0.15, 0.2) is 0 Å². The minimum Gasteiger partial charge on any atom is -0.341 e. The van der Waals surface area contributed by atoms with Crippen molar-refractivity contribution in [3.63, 3.8) is 0 Å². The van der Waals surface area contributed by atoms with E-state index in [2.05, 4.69) is 17.1 Å². The molecular formula is C13H24N2O. The predicted octanol–water partition coefficient (Wildman–Crippen LogP) is 1.92. The number of amides is 1. The normalized spacial score (nSPS) is 32.2. The Hall–Kier alpha value is -0.570. The van der Waals surface area contributed by atoms with E-state index in [0.717, 1.165) is 19.5 Å². The first-order valence-corrected chi connectivity index (χ1v) is 6.82. The van der Waals surface area contributed by atoms with Gasteiger partial charge in [-0.15, -0.1) is 0 Å². The van der Waals surface area contributed by atoms with Gasteiger partial charge in [0.25, 0.3) is 0 Å². The molecule has 2 heterocycles. The topological polar surface area (TPSA) is 32.3 Å². The van der Waals surface area contributed by atoms with Crippen molar-refractivity contribution in [3.8, 4) is 0 Å². The van der Waals surface area contributed by atoms with Crippen LogP contribution in [0.25, 0.3) is 0 Å². The van der Waals surface area contributed by atoms with Gasteiger partial charge in [-0.3, -0.25) is 4.79 Å². The fraction of sp³-hybridized carbons (Fsp3) is 0.923. The van der Waals surface area contributed by atoms with Gasteiger partial charge >= 0.3 is 0 Å². The number of carbonyl (C=O) groups excluding carboxylic acids is 1. The maximum absolute atomic E-state index is 12.3. The average Bonchev–Trinajstić information content (AvgIpc) is 2.56. The van der Waals surface area contributed by atoms with Gasteiger partial charge in [-0.1, -0.05) is 12.8 Å². The Bertz CT molecular complexity index is 230. The summed E-state index contributed by atoms with van der Waals surface area (Å²) in [5.41, 5.74) is 0. The van der Waals surface area contributed by atoms with E-state index in [1.165, 1.54) is 38.5 Å². The van der Waals surface area contributed by atoms with E-state index < -0.39 is 0 Å². The number of hydrogen-bond acceptors (Lipinski definition) is 2. The van der Waals surface area contributed by atoms with Crippen molar-refractivity contribution in [3.05, 3.63) is 0 Å². The molecule has 2 aliphatic rings. The number of hydrogen-bond donors (Lipinski definition) is 1. The number of likely N-dealkylation sites (tertiary alicyclic amines) is 1. The highest BCUT2D eigenvalue weighted by Gasteiger charge is 2.28. The maximum Gasteiger partial charge on any atom is 0.239 e. The van der Waals surface area contributed by atoms with Crippen molar-refractivity contribution < 1.29 is 4.79 Å². The molecule has 0 spiro atoms. The molecule has 2 fully saturated rings. The highest BCUT2D eigenvalue weighted by molar-refractivity contribution is 5.82. The molecule has 0 bridgehead atoms. The molecule has 2 saturated heterocycles. The van der Waals surface area contributed by atoms with Crippen LogP contribution in [0.2, 0.25) is 0 Å². The van der Waals surface area contributed by atoms with Crippen LogP contribution in [0.4, 0.5) is 0 Å². The minimum absolute atomic E-state index is 0.0989. The molecule has 0 saturated carbocycles. The van der Waals surface area contributed by atoms with Crippen LogP contribution in [0.15, 0.2) is 0 Å². The molecule has 0 aliphatic carbocycles. The molecule has 0 aromatic heterocycles. The zero-order valence-electron chi connectivity index (χ0n) is 10.4. The molecule has 16 heavy (non-hydrogen) atoms. The van der Waals surface area contributed by atoms with Crippen molar-refractivity contribution >= 4 is 5.91 Å². The van der Waals surface area contributed by atoms with E-state index in [1.807, 2.05) is 0 Å². The van der Waals surface area contributed by atoms with Crippen LogP contribution in [0.3, 0.4) is 0 Å². The highest BCUT2D eigenvalue weighted by Crippen LogP contribution is 2.17. The van der Waals surface area contributed by atoms with Crippen molar-refractivity contribution in [1.82, 2.24) is 10.2 Å². The van der Waals surface area contributed by atoms with Crippen LogP contribution in [0.1, 0.15) is 51.9 Å². The quantitative estimate of drug-likeness (QED) is 0.738. The predicted molar refractivity (Wildman–Crippen MR) is 65.3 cm³/mol. The molecule has 1 N–H and O–H groups in total. The smallest absolute Gasteiger partial charge is 0.239 e. The van der Waals surface area contributed by atoms with Crippen molar-refractivity contribution in [2.24, 2.45) is 0 Å². The standard InChI is InChI=1S/C13H24N2O/c1-11-7-6-8-12(14-11)13(16)15-9-4-2-3-5-10-15/h11-12,14H,2-10H2,1H3/t11-,12+/m1/s1. The molecule has 0 aromatic rings. The molecule has 2 rings (SSSR count). The fourth-order valence-corrected chi connectivity index (χ4v) is 2.84. The summed E-state index contributed by atoms with van der Waals surface area (Å²) in [7, 11) is 0. The van der Waals surface area contributed by atoms with Gasteiger partial charge in [-0.2, -0.15) is 0 Å². The van der Waals surface area contributed by atoms with Gasteiger partial charge in [0.1, 0.15) is 0 Å². The number of carbonyl (C=O) groups is 1. The number of nitrogens with one attached hydrogen (secondary N) is 1. The third-order valence-electron chi connectivity index (χ3n) is 3.83. The van der Waals surface area contributed by atoms with Gasteiger partial charge in [0, 0.05) is 19.1 Å². The van der Waals surface area contributed by atoms with Crippen LogP contribution in [-0.4, -0.2) is 36.0 Å². The van der Waals surface area contributed by atoms with E-state index >= 15 is 0 Å². The van der Waals surface area contributed by atoms with Crippen LogP contribution in [0.5, 0.6) is 0 Å². The molecule has 1 amide bonds.